The molecule has 28 heavy (non-hydrogen) atoms. The van der Waals surface area contributed by atoms with Crippen LogP contribution < -0.4 is 5.32 Å². The minimum absolute atomic E-state index is 0.0123. The largest absolute Gasteiger partial charge is 0.297 e. The molecule has 0 atom stereocenters. The summed E-state index contributed by atoms with van der Waals surface area (Å²) in [6, 6.07) is 11.3. The standard InChI is InChI=1S/C18H9Cl2N3O3S2/c19-10-1-3-12(13(20)7-10)14-8-27-18(21-14)22-17(24)16-6-9-5-11(23(25)26)2-4-15(9)28-16/h1-8H,(H,21,22,24). The zero-order valence-corrected chi connectivity index (χ0v) is 17.0. The molecule has 2 aromatic heterocycles. The third-order valence-electron chi connectivity index (χ3n) is 3.87. The molecule has 0 saturated heterocycles. The number of amides is 1. The number of hydrogen-bond donors (Lipinski definition) is 1. The zero-order valence-electron chi connectivity index (χ0n) is 13.8. The summed E-state index contributed by atoms with van der Waals surface area (Å²) in [7, 11) is 0. The van der Waals surface area contributed by atoms with E-state index in [1.165, 1.54) is 34.8 Å². The Kier molecular flexibility index (Phi) is 5.03. The van der Waals surface area contributed by atoms with Gasteiger partial charge in [-0.25, -0.2) is 4.98 Å². The van der Waals surface area contributed by atoms with E-state index >= 15 is 0 Å². The van der Waals surface area contributed by atoms with Gasteiger partial charge in [-0.05, 0) is 30.3 Å². The van der Waals surface area contributed by atoms with Crippen molar-refractivity contribution in [2.45, 2.75) is 0 Å². The van der Waals surface area contributed by atoms with Gasteiger partial charge in [0.1, 0.15) is 0 Å². The lowest BCUT2D eigenvalue weighted by Gasteiger charge is -2.01. The molecule has 0 aliphatic rings. The van der Waals surface area contributed by atoms with Crippen molar-refractivity contribution in [2.75, 3.05) is 5.32 Å². The van der Waals surface area contributed by atoms with Gasteiger partial charge in [-0.3, -0.25) is 20.2 Å². The van der Waals surface area contributed by atoms with Crippen LogP contribution in [0.1, 0.15) is 9.67 Å². The first kappa shape index (κ1) is 18.8. The lowest BCUT2D eigenvalue weighted by Crippen LogP contribution is -2.09. The van der Waals surface area contributed by atoms with Crippen LogP contribution in [0.3, 0.4) is 0 Å². The van der Waals surface area contributed by atoms with Gasteiger partial charge in [-0.1, -0.05) is 23.2 Å². The molecule has 0 radical (unpaired) electrons. The van der Waals surface area contributed by atoms with Crippen LogP contribution in [-0.2, 0) is 0 Å². The number of fused-ring (bicyclic) bond motifs is 1. The Bertz CT molecular complexity index is 1240. The number of hydrogen-bond acceptors (Lipinski definition) is 6. The first-order valence-electron chi connectivity index (χ1n) is 7.81. The molecule has 1 N–H and O–H groups in total. The molecule has 4 aromatic rings. The van der Waals surface area contributed by atoms with E-state index in [1.807, 2.05) is 0 Å². The average molecular weight is 450 g/mol. The number of benzene rings is 2. The molecule has 0 aliphatic carbocycles. The summed E-state index contributed by atoms with van der Waals surface area (Å²) < 4.78 is 0.795. The Labute approximate surface area is 176 Å². The maximum atomic E-state index is 12.5. The molecule has 0 fully saturated rings. The molecular weight excluding hydrogens is 441 g/mol. The number of nitro groups is 1. The third kappa shape index (κ3) is 3.72. The Morgan fingerprint density at radius 2 is 1.96 bits per heavy atom. The number of halogens is 2. The second-order valence-electron chi connectivity index (χ2n) is 5.71. The number of aromatic nitrogens is 1. The monoisotopic (exact) mass is 449 g/mol. The van der Waals surface area contributed by atoms with Gasteiger partial charge in [-0.2, -0.15) is 0 Å². The van der Waals surface area contributed by atoms with Crippen molar-refractivity contribution in [1.29, 1.82) is 0 Å². The number of carbonyl (C=O) groups excluding carboxylic acids is 1. The van der Waals surface area contributed by atoms with Gasteiger partial charge in [0.25, 0.3) is 11.6 Å². The highest BCUT2D eigenvalue weighted by Crippen LogP contribution is 2.33. The van der Waals surface area contributed by atoms with E-state index in [0.29, 0.717) is 31.1 Å². The van der Waals surface area contributed by atoms with Crippen molar-refractivity contribution >= 4 is 72.7 Å². The molecule has 0 aliphatic heterocycles. The smallest absolute Gasteiger partial charge is 0.270 e. The van der Waals surface area contributed by atoms with Crippen molar-refractivity contribution in [2.24, 2.45) is 0 Å². The van der Waals surface area contributed by atoms with Gasteiger partial charge in [0, 0.05) is 38.2 Å². The van der Waals surface area contributed by atoms with E-state index in [9.17, 15) is 14.9 Å². The number of anilines is 1. The van der Waals surface area contributed by atoms with Gasteiger partial charge in [0.15, 0.2) is 5.13 Å². The number of thiazole rings is 1. The number of nitro benzene ring substituents is 1. The quantitative estimate of drug-likeness (QED) is 0.284. The molecule has 10 heteroatoms. The molecule has 2 aromatic carbocycles. The first-order valence-corrected chi connectivity index (χ1v) is 10.3. The number of nitrogens with zero attached hydrogens (tertiary/aromatic N) is 2. The van der Waals surface area contributed by atoms with Crippen molar-refractivity contribution < 1.29 is 9.72 Å². The molecule has 0 unspecified atom stereocenters. The van der Waals surface area contributed by atoms with E-state index in [0.717, 1.165) is 10.3 Å². The predicted molar refractivity (Wildman–Crippen MR) is 114 cm³/mol. The van der Waals surface area contributed by atoms with Crippen LogP contribution in [0, 0.1) is 10.1 Å². The van der Waals surface area contributed by atoms with E-state index in [2.05, 4.69) is 10.3 Å². The third-order valence-corrected chi connectivity index (χ3v) is 6.29. The summed E-state index contributed by atoms with van der Waals surface area (Å²) in [5.74, 6) is -0.327. The van der Waals surface area contributed by atoms with Gasteiger partial charge in [0.2, 0.25) is 0 Å². The van der Waals surface area contributed by atoms with Gasteiger partial charge < -0.3 is 0 Å². The van der Waals surface area contributed by atoms with Crippen molar-refractivity contribution in [1.82, 2.24) is 4.98 Å². The summed E-state index contributed by atoms with van der Waals surface area (Å²) in [4.78, 5) is 27.8. The summed E-state index contributed by atoms with van der Waals surface area (Å²) >= 11 is 14.6. The summed E-state index contributed by atoms with van der Waals surface area (Å²) in [5.41, 5.74) is 1.34. The Hall–Kier alpha value is -2.52. The van der Waals surface area contributed by atoms with Crippen molar-refractivity contribution in [3.63, 3.8) is 0 Å². The highest BCUT2D eigenvalue weighted by atomic mass is 35.5. The Balaban J connectivity index is 1.56. The Morgan fingerprint density at radius 1 is 1.14 bits per heavy atom. The van der Waals surface area contributed by atoms with Crippen LogP contribution >= 0.6 is 45.9 Å². The molecular formula is C18H9Cl2N3O3S2. The minimum Gasteiger partial charge on any atom is -0.297 e. The molecule has 1 amide bonds. The fraction of sp³-hybridized carbons (Fsp3) is 0. The van der Waals surface area contributed by atoms with Crippen LogP contribution in [0.25, 0.3) is 21.3 Å². The fourth-order valence-electron chi connectivity index (χ4n) is 2.57. The minimum atomic E-state index is -0.462. The second kappa shape index (κ2) is 7.48. The van der Waals surface area contributed by atoms with Crippen molar-refractivity contribution in [3.05, 3.63) is 72.9 Å². The molecule has 140 valence electrons. The summed E-state index contributed by atoms with van der Waals surface area (Å²) in [6.07, 6.45) is 0. The molecule has 0 spiro atoms. The maximum absolute atomic E-state index is 12.5. The molecule has 6 nitrogen and oxygen atoms in total. The van der Waals surface area contributed by atoms with Crippen molar-refractivity contribution in [3.8, 4) is 11.3 Å². The fourth-order valence-corrected chi connectivity index (χ4v) is 4.72. The molecule has 4 rings (SSSR count). The van der Waals surface area contributed by atoms with Crippen LogP contribution in [0.15, 0.2) is 47.8 Å². The van der Waals surface area contributed by atoms with E-state index in [1.54, 1.807) is 35.7 Å². The SMILES string of the molecule is O=C(Nc1nc(-c2ccc(Cl)cc2Cl)cs1)c1cc2cc([N+](=O)[O-])ccc2s1. The number of rotatable bonds is 4. The topological polar surface area (TPSA) is 85.1 Å². The van der Waals surface area contributed by atoms with Gasteiger partial charge in [-0.15, -0.1) is 22.7 Å². The number of thiophene rings is 1. The van der Waals surface area contributed by atoms with Crippen LogP contribution in [0.4, 0.5) is 10.8 Å². The zero-order chi connectivity index (χ0) is 19.8. The number of nitrogens with one attached hydrogen (secondary N) is 1. The first-order chi connectivity index (χ1) is 13.4. The van der Waals surface area contributed by atoms with Crippen LogP contribution in [0.5, 0.6) is 0 Å². The Morgan fingerprint density at radius 3 is 2.71 bits per heavy atom. The van der Waals surface area contributed by atoms with Crippen LogP contribution in [0.2, 0.25) is 10.0 Å². The second-order valence-corrected chi connectivity index (χ2v) is 8.49. The van der Waals surface area contributed by atoms with E-state index < -0.39 is 4.92 Å². The normalized spacial score (nSPS) is 10.9. The predicted octanol–water partition coefficient (Wildman–Crippen LogP) is 6.49. The number of carbonyl (C=O) groups is 1. The van der Waals surface area contributed by atoms with E-state index in [-0.39, 0.29) is 11.6 Å². The molecule has 2 heterocycles. The van der Waals surface area contributed by atoms with Crippen LogP contribution in [-0.4, -0.2) is 15.8 Å². The summed E-state index contributed by atoms with van der Waals surface area (Å²) in [6.45, 7) is 0. The van der Waals surface area contributed by atoms with Gasteiger partial charge in [0.05, 0.1) is 20.5 Å². The maximum Gasteiger partial charge on any atom is 0.270 e. The number of non-ortho nitro benzene ring substituents is 1. The van der Waals surface area contributed by atoms with E-state index in [4.69, 9.17) is 23.2 Å². The highest BCUT2D eigenvalue weighted by Gasteiger charge is 2.16. The lowest BCUT2D eigenvalue weighted by atomic mass is 10.2. The summed E-state index contributed by atoms with van der Waals surface area (Å²) in [5, 5.41) is 17.5. The lowest BCUT2D eigenvalue weighted by molar-refractivity contribution is -0.384. The highest BCUT2D eigenvalue weighted by molar-refractivity contribution is 7.21. The average Bonchev–Trinajstić information content (AvgIpc) is 3.27. The molecule has 0 saturated carbocycles. The van der Waals surface area contributed by atoms with Gasteiger partial charge >= 0.3 is 0 Å². The molecule has 0 bridgehead atoms.